The summed E-state index contributed by atoms with van der Waals surface area (Å²) in [4.78, 5) is 14.6. The number of nitrogens with one attached hydrogen (secondary N) is 1. The second-order valence-corrected chi connectivity index (χ2v) is 9.66. The molecule has 0 bridgehead atoms. The van der Waals surface area contributed by atoms with Crippen LogP contribution in [0.1, 0.15) is 15.9 Å². The van der Waals surface area contributed by atoms with Crippen LogP contribution in [0, 0.1) is 6.92 Å². The van der Waals surface area contributed by atoms with E-state index in [-0.39, 0.29) is 16.5 Å². The van der Waals surface area contributed by atoms with Gasteiger partial charge >= 0.3 is 0 Å². The highest BCUT2D eigenvalue weighted by atomic mass is 35.5. The molecule has 1 fully saturated rings. The lowest BCUT2D eigenvalue weighted by molar-refractivity contribution is 0.0302. The van der Waals surface area contributed by atoms with Gasteiger partial charge in [-0.1, -0.05) is 35.9 Å². The zero-order chi connectivity index (χ0) is 23.4. The third kappa shape index (κ3) is 5.47. The SMILES string of the molecule is Cc1ccc(S(=O)(=O)Nc2cc(Cl)ccc2Oc2ccccc2)cc1C(=O)N1CCOCC1. The van der Waals surface area contributed by atoms with Crippen LogP contribution in [0.25, 0.3) is 0 Å². The van der Waals surface area contributed by atoms with Crippen LogP contribution in [0.3, 0.4) is 0 Å². The van der Waals surface area contributed by atoms with Crippen molar-refractivity contribution in [3.63, 3.8) is 0 Å². The molecular formula is C24H23ClN2O5S. The molecule has 33 heavy (non-hydrogen) atoms. The molecule has 3 aromatic carbocycles. The highest BCUT2D eigenvalue weighted by Crippen LogP contribution is 2.33. The standard InChI is InChI=1S/C24H23ClN2O5S/c1-17-7-9-20(16-21(17)24(28)27-11-13-31-14-12-27)33(29,30)26-22-15-18(25)8-10-23(22)32-19-5-3-2-4-6-19/h2-10,15-16,26H,11-14H2,1H3. The summed E-state index contributed by atoms with van der Waals surface area (Å²) < 4.78 is 40.1. The van der Waals surface area contributed by atoms with E-state index in [2.05, 4.69) is 4.72 Å². The summed E-state index contributed by atoms with van der Waals surface area (Å²) in [5.41, 5.74) is 1.22. The Morgan fingerprint density at radius 2 is 1.76 bits per heavy atom. The van der Waals surface area contributed by atoms with Crippen LogP contribution in [-0.4, -0.2) is 45.5 Å². The van der Waals surface area contributed by atoms with Gasteiger partial charge in [0, 0.05) is 23.7 Å². The number of carbonyl (C=O) groups is 1. The van der Waals surface area contributed by atoms with Crippen molar-refractivity contribution >= 4 is 33.2 Å². The predicted octanol–water partition coefficient (Wildman–Crippen LogP) is 4.71. The summed E-state index contributed by atoms with van der Waals surface area (Å²) in [7, 11) is -4.03. The van der Waals surface area contributed by atoms with Gasteiger partial charge in [0.1, 0.15) is 5.75 Å². The number of anilines is 1. The van der Waals surface area contributed by atoms with Gasteiger partial charge in [0.2, 0.25) is 0 Å². The van der Waals surface area contributed by atoms with Crippen molar-refractivity contribution in [3.8, 4) is 11.5 Å². The van der Waals surface area contributed by atoms with Crippen molar-refractivity contribution in [1.82, 2.24) is 4.90 Å². The maximum absolute atomic E-state index is 13.2. The Morgan fingerprint density at radius 1 is 1.03 bits per heavy atom. The Hall–Kier alpha value is -3.07. The fourth-order valence-corrected chi connectivity index (χ4v) is 4.68. The molecule has 9 heteroatoms. The first-order chi connectivity index (χ1) is 15.8. The second-order valence-electron chi connectivity index (χ2n) is 7.54. The molecule has 0 saturated carbocycles. The first-order valence-electron chi connectivity index (χ1n) is 10.4. The normalized spacial score (nSPS) is 14.1. The van der Waals surface area contributed by atoms with Crippen LogP contribution < -0.4 is 9.46 Å². The molecule has 0 aliphatic carbocycles. The van der Waals surface area contributed by atoms with Crippen molar-refractivity contribution in [2.45, 2.75) is 11.8 Å². The molecule has 0 spiro atoms. The molecule has 0 radical (unpaired) electrons. The minimum absolute atomic E-state index is 0.0321. The van der Waals surface area contributed by atoms with E-state index in [1.807, 2.05) is 18.2 Å². The number of benzene rings is 3. The van der Waals surface area contributed by atoms with Crippen LogP contribution in [0.5, 0.6) is 11.5 Å². The average Bonchev–Trinajstić information content (AvgIpc) is 2.81. The molecular weight excluding hydrogens is 464 g/mol. The number of carbonyl (C=O) groups excluding carboxylic acids is 1. The van der Waals surface area contributed by atoms with E-state index < -0.39 is 10.0 Å². The maximum atomic E-state index is 13.2. The highest BCUT2D eigenvalue weighted by Gasteiger charge is 2.24. The zero-order valence-corrected chi connectivity index (χ0v) is 19.5. The van der Waals surface area contributed by atoms with Crippen LogP contribution in [0.15, 0.2) is 71.6 Å². The third-order valence-electron chi connectivity index (χ3n) is 5.20. The van der Waals surface area contributed by atoms with Crippen molar-refractivity contribution in [1.29, 1.82) is 0 Å². The summed E-state index contributed by atoms with van der Waals surface area (Å²) in [5, 5.41) is 0.347. The molecule has 0 unspecified atom stereocenters. The Labute approximate surface area is 197 Å². The lowest BCUT2D eigenvalue weighted by atomic mass is 10.1. The van der Waals surface area contributed by atoms with Gasteiger partial charge in [-0.25, -0.2) is 8.42 Å². The number of morpholine rings is 1. The van der Waals surface area contributed by atoms with Crippen molar-refractivity contribution in [2.24, 2.45) is 0 Å². The van der Waals surface area contributed by atoms with E-state index in [4.69, 9.17) is 21.1 Å². The molecule has 4 rings (SSSR count). The molecule has 1 saturated heterocycles. The Morgan fingerprint density at radius 3 is 2.48 bits per heavy atom. The number of hydrogen-bond acceptors (Lipinski definition) is 5. The largest absolute Gasteiger partial charge is 0.455 e. The number of ether oxygens (including phenoxy) is 2. The van der Waals surface area contributed by atoms with E-state index in [9.17, 15) is 13.2 Å². The number of para-hydroxylation sites is 1. The Bertz CT molecular complexity index is 1260. The monoisotopic (exact) mass is 486 g/mol. The van der Waals surface area contributed by atoms with Gasteiger partial charge in [0.25, 0.3) is 15.9 Å². The van der Waals surface area contributed by atoms with E-state index in [0.717, 1.165) is 0 Å². The van der Waals surface area contributed by atoms with Crippen molar-refractivity contribution in [3.05, 3.63) is 82.9 Å². The maximum Gasteiger partial charge on any atom is 0.262 e. The second kappa shape index (κ2) is 9.82. The third-order valence-corrected chi connectivity index (χ3v) is 6.80. The Kier molecular flexibility index (Phi) is 6.88. The summed E-state index contributed by atoms with van der Waals surface area (Å²) in [6.45, 7) is 3.64. The van der Waals surface area contributed by atoms with Gasteiger partial charge < -0.3 is 14.4 Å². The summed E-state index contributed by atoms with van der Waals surface area (Å²) >= 11 is 6.12. The van der Waals surface area contributed by atoms with Gasteiger partial charge in [-0.05, 0) is 55.0 Å². The first-order valence-corrected chi connectivity index (χ1v) is 12.2. The molecule has 1 aliphatic heterocycles. The molecule has 1 N–H and O–H groups in total. The molecule has 172 valence electrons. The molecule has 0 aromatic heterocycles. The number of aryl methyl sites for hydroxylation is 1. The number of halogens is 1. The van der Waals surface area contributed by atoms with Gasteiger partial charge in [-0.3, -0.25) is 9.52 Å². The minimum Gasteiger partial charge on any atom is -0.455 e. The van der Waals surface area contributed by atoms with Crippen LogP contribution in [0.4, 0.5) is 5.69 Å². The lowest BCUT2D eigenvalue weighted by Crippen LogP contribution is -2.41. The molecule has 1 aliphatic rings. The van der Waals surface area contributed by atoms with Gasteiger partial charge in [-0.2, -0.15) is 0 Å². The number of nitrogens with zero attached hydrogens (tertiary/aromatic N) is 1. The topological polar surface area (TPSA) is 84.9 Å². The number of hydrogen-bond donors (Lipinski definition) is 1. The predicted molar refractivity (Wildman–Crippen MR) is 127 cm³/mol. The van der Waals surface area contributed by atoms with E-state index in [0.29, 0.717) is 54.0 Å². The summed E-state index contributed by atoms with van der Waals surface area (Å²) in [6.07, 6.45) is 0. The summed E-state index contributed by atoms with van der Waals surface area (Å²) in [5.74, 6) is 0.628. The van der Waals surface area contributed by atoms with Crippen LogP contribution >= 0.6 is 11.6 Å². The molecule has 7 nitrogen and oxygen atoms in total. The highest BCUT2D eigenvalue weighted by molar-refractivity contribution is 7.92. The molecule has 1 amide bonds. The van der Waals surface area contributed by atoms with Gasteiger partial charge in [-0.15, -0.1) is 0 Å². The van der Waals surface area contributed by atoms with Gasteiger partial charge in [0.15, 0.2) is 5.75 Å². The molecule has 1 heterocycles. The van der Waals surface area contributed by atoms with Crippen molar-refractivity contribution < 1.29 is 22.7 Å². The number of sulfonamides is 1. The number of amides is 1. The lowest BCUT2D eigenvalue weighted by Gasteiger charge is -2.27. The van der Waals surface area contributed by atoms with E-state index >= 15 is 0 Å². The van der Waals surface area contributed by atoms with Crippen LogP contribution in [-0.2, 0) is 14.8 Å². The number of rotatable bonds is 6. The van der Waals surface area contributed by atoms with Crippen LogP contribution in [0.2, 0.25) is 5.02 Å². The minimum atomic E-state index is -4.03. The first kappa shape index (κ1) is 23.1. The average molecular weight is 487 g/mol. The quantitative estimate of drug-likeness (QED) is 0.545. The van der Waals surface area contributed by atoms with E-state index in [1.54, 1.807) is 42.2 Å². The fourth-order valence-electron chi connectivity index (χ4n) is 3.43. The Balaban J connectivity index is 1.63. The van der Waals surface area contributed by atoms with E-state index in [1.165, 1.54) is 18.2 Å². The van der Waals surface area contributed by atoms with Crippen molar-refractivity contribution in [2.75, 3.05) is 31.0 Å². The molecule has 0 atom stereocenters. The summed E-state index contributed by atoms with van der Waals surface area (Å²) in [6, 6.07) is 18.2. The fraction of sp³-hybridized carbons (Fsp3) is 0.208. The smallest absolute Gasteiger partial charge is 0.262 e. The zero-order valence-electron chi connectivity index (χ0n) is 18.0. The van der Waals surface area contributed by atoms with Gasteiger partial charge in [0.05, 0.1) is 23.8 Å². The molecule has 3 aromatic rings.